The maximum Gasteiger partial charge on any atom is 0.225 e. The summed E-state index contributed by atoms with van der Waals surface area (Å²) in [6.07, 6.45) is 0. The molecule has 0 atom stereocenters. The van der Waals surface area contributed by atoms with E-state index in [0.717, 1.165) is 21.4 Å². The van der Waals surface area contributed by atoms with Crippen LogP contribution in [0.1, 0.15) is 16.7 Å². The summed E-state index contributed by atoms with van der Waals surface area (Å²) in [5.41, 5.74) is 3.56. The highest BCUT2D eigenvalue weighted by atomic mass is 16.5. The fourth-order valence-electron chi connectivity index (χ4n) is 2.47. The van der Waals surface area contributed by atoms with Crippen LogP contribution in [-0.2, 0) is 6.54 Å². The minimum absolute atomic E-state index is 0.333. The molecule has 0 spiro atoms. The minimum atomic E-state index is 0.333. The summed E-state index contributed by atoms with van der Waals surface area (Å²) in [5.74, 6) is 0. The molecule has 0 aliphatic rings. The monoisotopic (exact) mass is 287 g/mol. The average molecular weight is 287 g/mol. The average Bonchev–Trinajstić information content (AvgIpc) is 2.58. The van der Waals surface area contributed by atoms with E-state index in [-0.39, 0.29) is 0 Å². The fraction of sp³-hybridized carbons (Fsp3) is 0.0500. The van der Waals surface area contributed by atoms with Crippen molar-refractivity contribution in [2.45, 2.75) is 6.54 Å². The van der Waals surface area contributed by atoms with Crippen LogP contribution in [0.15, 0.2) is 91.0 Å². The fourth-order valence-corrected chi connectivity index (χ4v) is 2.47. The van der Waals surface area contributed by atoms with E-state index in [0.29, 0.717) is 12.3 Å². The summed E-state index contributed by atoms with van der Waals surface area (Å²) in [6, 6.07) is 29.4. The van der Waals surface area contributed by atoms with Crippen molar-refractivity contribution >= 4 is 5.71 Å². The van der Waals surface area contributed by atoms with Crippen molar-refractivity contribution in [3.05, 3.63) is 113 Å². The Labute approximate surface area is 130 Å². The molecule has 0 saturated heterocycles. The first-order valence-electron chi connectivity index (χ1n) is 7.31. The molecule has 0 amide bonds. The van der Waals surface area contributed by atoms with Gasteiger partial charge in [0, 0.05) is 16.7 Å². The lowest BCUT2D eigenvalue weighted by Gasteiger charge is -2.12. The minimum Gasteiger partial charge on any atom is -0.623 e. The van der Waals surface area contributed by atoms with Crippen molar-refractivity contribution in [1.82, 2.24) is 0 Å². The number of hydrogen-bond donors (Lipinski definition) is 0. The van der Waals surface area contributed by atoms with Gasteiger partial charge in [0.25, 0.3) is 0 Å². The Bertz CT molecular complexity index is 708. The predicted molar refractivity (Wildman–Crippen MR) is 89.9 cm³/mol. The summed E-state index contributed by atoms with van der Waals surface area (Å²) in [4.78, 5) is 0. The smallest absolute Gasteiger partial charge is 0.225 e. The molecule has 3 aromatic rings. The Hall–Kier alpha value is -2.87. The molecule has 0 aliphatic carbocycles. The molecule has 0 N–H and O–H groups in total. The van der Waals surface area contributed by atoms with Gasteiger partial charge in [-0.05, 0) is 24.3 Å². The Kier molecular flexibility index (Phi) is 4.30. The lowest BCUT2D eigenvalue weighted by Crippen LogP contribution is -2.18. The molecule has 0 aromatic heterocycles. The molecule has 2 nitrogen and oxygen atoms in total. The number of hydroxylamine groups is 1. The summed E-state index contributed by atoms with van der Waals surface area (Å²) in [7, 11) is 0. The molecular formula is C20H17NO. The first-order chi connectivity index (χ1) is 10.8. The van der Waals surface area contributed by atoms with Crippen LogP contribution in [0.4, 0.5) is 0 Å². The van der Waals surface area contributed by atoms with Gasteiger partial charge in [-0.25, -0.2) is 0 Å². The third kappa shape index (κ3) is 3.23. The van der Waals surface area contributed by atoms with Gasteiger partial charge < -0.3 is 5.21 Å². The number of nitrogens with zero attached hydrogens (tertiary/aromatic N) is 1. The molecule has 0 fully saturated rings. The van der Waals surface area contributed by atoms with E-state index in [4.69, 9.17) is 0 Å². The van der Waals surface area contributed by atoms with Crippen molar-refractivity contribution in [2.75, 3.05) is 0 Å². The number of benzene rings is 3. The Morgan fingerprint density at radius 2 is 1.05 bits per heavy atom. The Balaban J connectivity index is 2.07. The second-order valence-electron chi connectivity index (χ2n) is 5.10. The van der Waals surface area contributed by atoms with Crippen molar-refractivity contribution in [3.63, 3.8) is 0 Å². The molecule has 0 aliphatic heterocycles. The van der Waals surface area contributed by atoms with Crippen LogP contribution < -0.4 is 0 Å². The third-order valence-electron chi connectivity index (χ3n) is 3.51. The zero-order valence-corrected chi connectivity index (χ0v) is 12.2. The van der Waals surface area contributed by atoms with E-state index >= 15 is 0 Å². The standard InChI is InChI=1S/C20H17NO/c22-21(16-17-10-4-1-5-11-17)20(18-12-6-2-7-13-18)19-14-8-3-9-15-19/h1-15H,16H2. The summed E-state index contributed by atoms with van der Waals surface area (Å²) in [5, 5.41) is 12.8. The quantitative estimate of drug-likeness (QED) is 0.305. The highest BCUT2D eigenvalue weighted by molar-refractivity contribution is 6.09. The van der Waals surface area contributed by atoms with E-state index in [1.807, 2.05) is 91.0 Å². The largest absolute Gasteiger partial charge is 0.623 e. The lowest BCUT2D eigenvalue weighted by atomic mass is 10.0. The van der Waals surface area contributed by atoms with Crippen LogP contribution in [0.25, 0.3) is 0 Å². The zero-order valence-electron chi connectivity index (χ0n) is 12.2. The van der Waals surface area contributed by atoms with E-state index < -0.39 is 0 Å². The highest BCUT2D eigenvalue weighted by Crippen LogP contribution is 2.12. The number of hydrogen-bond acceptors (Lipinski definition) is 1. The van der Waals surface area contributed by atoms with Gasteiger partial charge in [-0.2, -0.15) is 4.74 Å². The van der Waals surface area contributed by atoms with Gasteiger partial charge in [-0.3, -0.25) is 0 Å². The Morgan fingerprint density at radius 3 is 1.50 bits per heavy atom. The van der Waals surface area contributed by atoms with Gasteiger partial charge in [0.05, 0.1) is 0 Å². The van der Waals surface area contributed by atoms with E-state index in [9.17, 15) is 5.21 Å². The van der Waals surface area contributed by atoms with Crippen molar-refractivity contribution in [2.24, 2.45) is 0 Å². The molecule has 0 radical (unpaired) electrons. The molecule has 0 saturated carbocycles. The van der Waals surface area contributed by atoms with Gasteiger partial charge >= 0.3 is 0 Å². The summed E-state index contributed by atoms with van der Waals surface area (Å²) in [6.45, 7) is 0.333. The normalized spacial score (nSPS) is 10.2. The molecule has 0 heterocycles. The van der Waals surface area contributed by atoms with Crippen LogP contribution in [0.5, 0.6) is 0 Å². The SMILES string of the molecule is [O-][N+](Cc1ccccc1)=C(c1ccccc1)c1ccccc1. The first-order valence-corrected chi connectivity index (χ1v) is 7.31. The first kappa shape index (κ1) is 14.1. The molecular weight excluding hydrogens is 270 g/mol. The van der Waals surface area contributed by atoms with Crippen molar-refractivity contribution < 1.29 is 4.74 Å². The van der Waals surface area contributed by atoms with Gasteiger partial charge in [0.1, 0.15) is 0 Å². The molecule has 0 unspecified atom stereocenters. The van der Waals surface area contributed by atoms with Crippen LogP contribution in [-0.4, -0.2) is 10.5 Å². The second kappa shape index (κ2) is 6.72. The van der Waals surface area contributed by atoms with Crippen LogP contribution in [0.2, 0.25) is 0 Å². The molecule has 2 heteroatoms. The predicted octanol–water partition coefficient (Wildman–Crippen LogP) is 4.23. The van der Waals surface area contributed by atoms with E-state index in [2.05, 4.69) is 0 Å². The molecule has 108 valence electrons. The third-order valence-corrected chi connectivity index (χ3v) is 3.51. The van der Waals surface area contributed by atoms with Gasteiger partial charge in [-0.1, -0.05) is 66.7 Å². The zero-order chi connectivity index (χ0) is 15.2. The Morgan fingerprint density at radius 1 is 0.636 bits per heavy atom. The van der Waals surface area contributed by atoms with Gasteiger partial charge in [0.2, 0.25) is 5.71 Å². The van der Waals surface area contributed by atoms with Gasteiger partial charge in [-0.15, -0.1) is 0 Å². The van der Waals surface area contributed by atoms with Crippen molar-refractivity contribution in [1.29, 1.82) is 0 Å². The van der Waals surface area contributed by atoms with E-state index in [1.165, 1.54) is 0 Å². The maximum absolute atomic E-state index is 12.8. The molecule has 3 aromatic carbocycles. The van der Waals surface area contributed by atoms with Crippen LogP contribution >= 0.6 is 0 Å². The summed E-state index contributed by atoms with van der Waals surface area (Å²) < 4.78 is 1.07. The summed E-state index contributed by atoms with van der Waals surface area (Å²) >= 11 is 0. The van der Waals surface area contributed by atoms with Crippen LogP contribution in [0.3, 0.4) is 0 Å². The second-order valence-corrected chi connectivity index (χ2v) is 5.10. The van der Waals surface area contributed by atoms with Crippen molar-refractivity contribution in [3.8, 4) is 0 Å². The van der Waals surface area contributed by atoms with Gasteiger partial charge in [0.15, 0.2) is 6.54 Å². The van der Waals surface area contributed by atoms with E-state index in [1.54, 1.807) is 0 Å². The molecule has 0 bridgehead atoms. The molecule has 3 rings (SSSR count). The van der Waals surface area contributed by atoms with Crippen LogP contribution in [0, 0.1) is 5.21 Å². The topological polar surface area (TPSA) is 26.1 Å². The maximum atomic E-state index is 12.8. The molecule has 22 heavy (non-hydrogen) atoms. The lowest BCUT2D eigenvalue weighted by molar-refractivity contribution is -0.473. The highest BCUT2D eigenvalue weighted by Gasteiger charge is 2.15. The number of rotatable bonds is 4.